The van der Waals surface area contributed by atoms with E-state index in [0.717, 1.165) is 16.8 Å². The number of H-pyrrole nitrogens is 1. The third-order valence-electron chi connectivity index (χ3n) is 5.35. The first-order chi connectivity index (χ1) is 16.5. The van der Waals surface area contributed by atoms with Crippen molar-refractivity contribution in [2.75, 3.05) is 5.32 Å². The molecule has 2 amide bonds. The Balaban J connectivity index is 1.48. The number of nitrogens with two attached hydrogens (primary N) is 1. The van der Waals surface area contributed by atoms with Gasteiger partial charge in [0.1, 0.15) is 11.4 Å². The minimum atomic E-state index is -0.547. The maximum Gasteiger partial charge on any atom is 0.265 e. The van der Waals surface area contributed by atoms with E-state index in [9.17, 15) is 9.59 Å². The first-order valence-electron chi connectivity index (χ1n) is 10.5. The number of thiazole rings is 1. The van der Waals surface area contributed by atoms with Crippen LogP contribution in [-0.4, -0.2) is 31.6 Å². The number of nitrogens with one attached hydrogen (secondary N) is 2. The Kier molecular flexibility index (Phi) is 5.52. The molecule has 0 saturated carbocycles. The zero-order valence-corrected chi connectivity index (χ0v) is 19.0. The molecule has 0 fully saturated rings. The molecule has 0 radical (unpaired) electrons. The van der Waals surface area contributed by atoms with E-state index >= 15 is 0 Å². The topological polar surface area (TPSA) is 119 Å². The molecule has 3 aromatic heterocycles. The Bertz CT molecular complexity index is 1500. The van der Waals surface area contributed by atoms with Crippen LogP contribution in [0.1, 0.15) is 26.4 Å². The fraction of sp³-hybridized carbons (Fsp3) is 0.0400. The first kappa shape index (κ1) is 21.4. The van der Waals surface area contributed by atoms with Gasteiger partial charge in [-0.05, 0) is 30.7 Å². The van der Waals surface area contributed by atoms with Gasteiger partial charge in [0.15, 0.2) is 5.13 Å². The molecule has 0 unspecified atom stereocenters. The fourth-order valence-corrected chi connectivity index (χ4v) is 4.32. The van der Waals surface area contributed by atoms with E-state index in [1.165, 1.54) is 11.3 Å². The summed E-state index contributed by atoms with van der Waals surface area (Å²) in [5.41, 5.74) is 10.7. The second kappa shape index (κ2) is 8.80. The lowest BCUT2D eigenvalue weighted by molar-refractivity contribution is 0.0994. The van der Waals surface area contributed by atoms with Crippen molar-refractivity contribution in [3.63, 3.8) is 0 Å². The molecule has 168 valence electrons. The second-order valence-electron chi connectivity index (χ2n) is 7.64. The Labute approximate surface area is 199 Å². The van der Waals surface area contributed by atoms with Gasteiger partial charge >= 0.3 is 0 Å². The van der Waals surface area contributed by atoms with Gasteiger partial charge in [-0.1, -0.05) is 42.5 Å². The van der Waals surface area contributed by atoms with Crippen molar-refractivity contribution in [3.8, 4) is 28.2 Å². The van der Waals surface area contributed by atoms with Crippen LogP contribution in [0, 0.1) is 6.92 Å². The Morgan fingerprint density at radius 1 is 1.09 bits per heavy atom. The first-order valence-corrected chi connectivity index (χ1v) is 11.3. The predicted molar refractivity (Wildman–Crippen MR) is 132 cm³/mol. The minimum Gasteiger partial charge on any atom is -0.364 e. The van der Waals surface area contributed by atoms with Gasteiger partial charge in [-0.2, -0.15) is 5.10 Å². The van der Waals surface area contributed by atoms with Gasteiger partial charge in [0.2, 0.25) is 0 Å². The van der Waals surface area contributed by atoms with Gasteiger partial charge in [0.25, 0.3) is 11.8 Å². The zero-order chi connectivity index (χ0) is 23.7. The monoisotopic (exact) mass is 468 g/mol. The SMILES string of the molecule is Cc1ccccc1-c1nn(-c2ccccc2)cc1C(=O)Nc1nc(-c2c[nH]c(C(N)=O)c2)cs1. The van der Waals surface area contributed by atoms with E-state index in [4.69, 9.17) is 10.8 Å². The summed E-state index contributed by atoms with van der Waals surface area (Å²) in [5, 5.41) is 9.86. The largest absolute Gasteiger partial charge is 0.364 e. The van der Waals surface area contributed by atoms with E-state index in [1.54, 1.807) is 28.5 Å². The summed E-state index contributed by atoms with van der Waals surface area (Å²) in [6.07, 6.45) is 3.38. The minimum absolute atomic E-state index is 0.296. The van der Waals surface area contributed by atoms with Crippen LogP contribution < -0.4 is 11.1 Å². The normalized spacial score (nSPS) is 10.9. The van der Waals surface area contributed by atoms with E-state index < -0.39 is 5.91 Å². The standard InChI is InChI=1S/C25H20N6O2S/c1-15-7-5-6-10-18(15)22-19(13-31(30-22)17-8-3-2-4-9-17)24(33)29-25-28-21(14-34-25)16-11-20(23(26)32)27-12-16/h2-14,27H,1H3,(H2,26,32)(H,28,29,33). The van der Waals surface area contributed by atoms with E-state index in [1.807, 2.05) is 61.5 Å². The fourth-order valence-electron chi connectivity index (χ4n) is 3.60. The number of rotatable bonds is 6. The van der Waals surface area contributed by atoms with Crippen LogP contribution in [0.15, 0.2) is 78.4 Å². The summed E-state index contributed by atoms with van der Waals surface area (Å²) in [4.78, 5) is 32.0. The molecule has 2 aromatic carbocycles. The average Bonchev–Trinajstić information content (AvgIpc) is 3.59. The number of carbonyl (C=O) groups is 2. The number of hydrogen-bond acceptors (Lipinski definition) is 5. The van der Waals surface area contributed by atoms with Crippen molar-refractivity contribution in [1.82, 2.24) is 19.7 Å². The Hall–Kier alpha value is -4.50. The number of benzene rings is 2. The van der Waals surface area contributed by atoms with Gasteiger partial charge in [0, 0.05) is 28.9 Å². The molecule has 0 spiro atoms. The summed E-state index contributed by atoms with van der Waals surface area (Å²) < 4.78 is 1.70. The molecule has 0 bridgehead atoms. The molecular formula is C25H20N6O2S. The number of aromatic nitrogens is 4. The van der Waals surface area contributed by atoms with E-state index in [2.05, 4.69) is 15.3 Å². The summed E-state index contributed by atoms with van der Waals surface area (Å²) in [6, 6.07) is 19.1. The smallest absolute Gasteiger partial charge is 0.265 e. The van der Waals surface area contributed by atoms with Gasteiger partial charge in [-0.25, -0.2) is 9.67 Å². The quantitative estimate of drug-likeness (QED) is 0.336. The number of nitrogens with zero attached hydrogens (tertiary/aromatic N) is 3. The maximum absolute atomic E-state index is 13.3. The maximum atomic E-state index is 13.3. The Morgan fingerprint density at radius 2 is 1.85 bits per heavy atom. The van der Waals surface area contributed by atoms with Crippen LogP contribution in [0.25, 0.3) is 28.2 Å². The lowest BCUT2D eigenvalue weighted by Gasteiger charge is -2.05. The summed E-state index contributed by atoms with van der Waals surface area (Å²) >= 11 is 1.29. The molecule has 0 aliphatic heterocycles. The third-order valence-corrected chi connectivity index (χ3v) is 6.11. The predicted octanol–water partition coefficient (Wildman–Crippen LogP) is 4.65. The Morgan fingerprint density at radius 3 is 2.59 bits per heavy atom. The molecule has 34 heavy (non-hydrogen) atoms. The van der Waals surface area contributed by atoms with Crippen LogP contribution in [0.5, 0.6) is 0 Å². The zero-order valence-electron chi connectivity index (χ0n) is 18.1. The lowest BCUT2D eigenvalue weighted by Crippen LogP contribution is -2.12. The number of anilines is 1. The van der Waals surface area contributed by atoms with Gasteiger partial charge < -0.3 is 10.7 Å². The molecule has 5 rings (SSSR count). The highest BCUT2D eigenvalue weighted by atomic mass is 32.1. The molecule has 5 aromatic rings. The van der Waals surface area contributed by atoms with Crippen LogP contribution in [0.3, 0.4) is 0 Å². The van der Waals surface area contributed by atoms with Gasteiger partial charge in [-0.3, -0.25) is 14.9 Å². The summed E-state index contributed by atoms with van der Waals surface area (Å²) in [5.74, 6) is -0.859. The number of carbonyl (C=O) groups excluding carboxylic acids is 2. The molecule has 0 saturated heterocycles. The molecule has 0 atom stereocenters. The highest BCUT2D eigenvalue weighted by Crippen LogP contribution is 2.29. The van der Waals surface area contributed by atoms with E-state index in [-0.39, 0.29) is 5.91 Å². The van der Waals surface area contributed by atoms with Crippen molar-refractivity contribution in [1.29, 1.82) is 0 Å². The van der Waals surface area contributed by atoms with Crippen LogP contribution >= 0.6 is 11.3 Å². The average molecular weight is 469 g/mol. The molecule has 4 N–H and O–H groups in total. The molecule has 9 heteroatoms. The van der Waals surface area contributed by atoms with Crippen LogP contribution in [-0.2, 0) is 0 Å². The van der Waals surface area contributed by atoms with Crippen LogP contribution in [0.4, 0.5) is 5.13 Å². The second-order valence-corrected chi connectivity index (χ2v) is 8.50. The van der Waals surface area contributed by atoms with Crippen molar-refractivity contribution in [3.05, 3.63) is 95.3 Å². The van der Waals surface area contributed by atoms with Gasteiger partial charge in [0.05, 0.1) is 16.9 Å². The van der Waals surface area contributed by atoms with Crippen molar-refractivity contribution >= 4 is 28.3 Å². The van der Waals surface area contributed by atoms with Gasteiger partial charge in [-0.15, -0.1) is 11.3 Å². The van der Waals surface area contributed by atoms with Crippen molar-refractivity contribution < 1.29 is 9.59 Å². The highest BCUT2D eigenvalue weighted by molar-refractivity contribution is 7.14. The molecular weight excluding hydrogens is 448 g/mol. The number of aryl methyl sites for hydroxylation is 1. The lowest BCUT2D eigenvalue weighted by atomic mass is 10.0. The number of amides is 2. The highest BCUT2D eigenvalue weighted by Gasteiger charge is 2.21. The third kappa shape index (κ3) is 4.12. The molecule has 0 aliphatic rings. The van der Waals surface area contributed by atoms with E-state index in [0.29, 0.717) is 33.3 Å². The summed E-state index contributed by atoms with van der Waals surface area (Å²) in [7, 11) is 0. The number of aromatic amines is 1. The van der Waals surface area contributed by atoms with Crippen molar-refractivity contribution in [2.45, 2.75) is 6.92 Å². The number of para-hydroxylation sites is 1. The van der Waals surface area contributed by atoms with Crippen LogP contribution in [0.2, 0.25) is 0 Å². The summed E-state index contributed by atoms with van der Waals surface area (Å²) in [6.45, 7) is 1.99. The van der Waals surface area contributed by atoms with Crippen molar-refractivity contribution in [2.24, 2.45) is 5.73 Å². The number of hydrogen-bond donors (Lipinski definition) is 3. The molecule has 8 nitrogen and oxygen atoms in total. The number of primary amides is 1. The molecule has 0 aliphatic carbocycles. The molecule has 3 heterocycles.